The van der Waals surface area contributed by atoms with Crippen LogP contribution in [0.2, 0.25) is 0 Å². The molecule has 0 N–H and O–H groups in total. The zero-order valence-electron chi connectivity index (χ0n) is 50.2. The van der Waals surface area contributed by atoms with E-state index in [1.807, 2.05) is 0 Å². The van der Waals surface area contributed by atoms with Crippen LogP contribution >= 0.6 is 0 Å². The minimum Gasteiger partial charge on any atom is -0.354 e. The minimum absolute atomic E-state index is 0.0341. The molecule has 3 atom stereocenters. The monoisotopic (exact) mass is 1080 g/mol. The van der Waals surface area contributed by atoms with E-state index in [0.717, 1.165) is 5.69 Å². The van der Waals surface area contributed by atoms with Crippen molar-refractivity contribution in [3.8, 4) is 44.5 Å². The lowest BCUT2D eigenvalue weighted by Gasteiger charge is -2.38. The molecule has 3 nitrogen and oxygen atoms in total. The number of aryl methyl sites for hydroxylation is 3. The summed E-state index contributed by atoms with van der Waals surface area (Å²) in [5, 5.41) is 0. The Balaban J connectivity index is 1.09. The summed E-state index contributed by atoms with van der Waals surface area (Å²) in [7, 11) is 2.08. The van der Waals surface area contributed by atoms with Gasteiger partial charge in [0.25, 0.3) is 0 Å². The minimum atomic E-state index is -0.794. The van der Waals surface area contributed by atoms with Crippen molar-refractivity contribution in [2.24, 2.45) is 7.05 Å². The largest absolute Gasteiger partial charge is 0.354 e. The summed E-state index contributed by atoms with van der Waals surface area (Å²) in [5.41, 5.74) is 27.3. The fraction of sp³-hybridized carbons (Fsp3) is 0.225. The number of benzene rings is 9. The number of rotatable bonds is 7. The molecule has 14 rings (SSSR count). The molecule has 408 valence electrons. The lowest BCUT2D eigenvalue weighted by Crippen LogP contribution is -2.38. The number of fused-ring (bicyclic) bond motifs is 9. The zero-order chi connectivity index (χ0) is 57.6. The lowest BCUT2D eigenvalue weighted by atomic mass is 9.64. The second-order valence-corrected chi connectivity index (χ2v) is 27.1. The maximum atomic E-state index is 5.57. The highest BCUT2D eigenvalue weighted by Gasteiger charge is 2.53. The van der Waals surface area contributed by atoms with E-state index in [1.54, 1.807) is 0 Å². The Morgan fingerprint density at radius 3 is 1.34 bits per heavy atom. The Hall–Kier alpha value is -8.66. The Labute approximate surface area is 492 Å². The molecule has 11 aromatic rings. The van der Waals surface area contributed by atoms with Crippen LogP contribution in [0.25, 0.3) is 44.5 Å². The highest BCUT2D eigenvalue weighted by Crippen LogP contribution is 2.62. The van der Waals surface area contributed by atoms with E-state index in [-0.39, 0.29) is 16.2 Å². The van der Waals surface area contributed by atoms with Crippen LogP contribution in [0.3, 0.4) is 0 Å². The van der Waals surface area contributed by atoms with Gasteiger partial charge in [0, 0.05) is 22.9 Å². The predicted molar refractivity (Wildman–Crippen MR) is 341 cm³/mol. The summed E-state index contributed by atoms with van der Waals surface area (Å²) in [6.07, 6.45) is 10.2. The molecule has 0 aliphatic heterocycles. The van der Waals surface area contributed by atoms with E-state index < -0.39 is 16.4 Å². The average molecular weight is 1080 g/mol. The first-order valence-corrected chi connectivity index (χ1v) is 29.7. The van der Waals surface area contributed by atoms with Crippen molar-refractivity contribution in [2.75, 3.05) is 0 Å². The molecule has 0 radical (unpaired) electrons. The van der Waals surface area contributed by atoms with E-state index >= 15 is 0 Å². The zero-order valence-corrected chi connectivity index (χ0v) is 50.2. The Morgan fingerprint density at radius 2 is 0.807 bits per heavy atom. The van der Waals surface area contributed by atoms with Crippen LogP contribution in [-0.2, 0) is 39.7 Å². The first-order chi connectivity index (χ1) is 39.8. The molecular formula is C80H73N3. The molecule has 3 aliphatic rings. The third-order valence-electron chi connectivity index (χ3n) is 19.1. The number of aromatic nitrogens is 3. The van der Waals surface area contributed by atoms with Gasteiger partial charge in [0.2, 0.25) is 6.33 Å². The van der Waals surface area contributed by atoms with Crippen LogP contribution in [0, 0.1) is 20.2 Å². The SMILES string of the molecule is Cc1cccc(C)c1-c1ccnc(C2(c3cccc(C4(c5cccc(C6(n7[c-][n+](C)cc7)c7ccccc7-c7cc(C(C)(C)C)ccc76)c5)c5ccccc5-c5cc(C(C)(C)C)ccc54)c3)c3ccccc3-c3cc(C(C)(C)C)ccc32)c1. The molecule has 0 bridgehead atoms. The molecular weight excluding hydrogens is 1000 g/mol. The van der Waals surface area contributed by atoms with Crippen LogP contribution in [0.5, 0.6) is 0 Å². The van der Waals surface area contributed by atoms with Crippen molar-refractivity contribution in [1.29, 1.82) is 0 Å². The smallest absolute Gasteiger partial charge is 0.204 e. The second kappa shape index (κ2) is 18.4. The maximum Gasteiger partial charge on any atom is 0.204 e. The Morgan fingerprint density at radius 1 is 0.398 bits per heavy atom. The van der Waals surface area contributed by atoms with Crippen LogP contribution in [0.4, 0.5) is 0 Å². The number of pyridine rings is 1. The van der Waals surface area contributed by atoms with Crippen LogP contribution < -0.4 is 4.57 Å². The third kappa shape index (κ3) is 7.55. The van der Waals surface area contributed by atoms with Crippen molar-refractivity contribution >= 4 is 0 Å². The molecule has 0 saturated carbocycles. The van der Waals surface area contributed by atoms with Gasteiger partial charge < -0.3 is 9.13 Å². The second-order valence-electron chi connectivity index (χ2n) is 27.1. The quantitative estimate of drug-likeness (QED) is 0.115. The molecule has 83 heavy (non-hydrogen) atoms. The lowest BCUT2D eigenvalue weighted by molar-refractivity contribution is -0.675. The van der Waals surface area contributed by atoms with Crippen LogP contribution in [-0.4, -0.2) is 9.55 Å². The van der Waals surface area contributed by atoms with E-state index in [4.69, 9.17) is 4.98 Å². The molecule has 9 aromatic carbocycles. The standard InChI is InChI=1S/C80H73N3/c1-51-22-19-23-52(2)74(51)53-40-41-81-73(44-53)79(68-32-17-14-29-62(68)65-48-55(76(6,7)8)35-38-70(65)79)59-26-20-24-57(45-59)78(67-31-16-13-28-61(67)64-47-54(75(3,4)5)34-37-69(64)78)58-25-21-27-60(46-58)80(83-43-42-82(12)50-83)71-33-18-15-30-63(71)66-49-56(77(9,10)11)36-39-72(66)80/h13-49H,1-12H3. The number of nitrogens with zero attached hydrogens (tertiary/aromatic N) is 3. The topological polar surface area (TPSA) is 21.7 Å². The summed E-state index contributed by atoms with van der Waals surface area (Å²) in [4.78, 5) is 5.57. The van der Waals surface area contributed by atoms with Gasteiger partial charge >= 0.3 is 0 Å². The summed E-state index contributed by atoms with van der Waals surface area (Å²) in [5.74, 6) is 0. The molecule has 0 amide bonds. The molecule has 3 aliphatic carbocycles. The van der Waals surface area contributed by atoms with Gasteiger partial charge in [-0.25, -0.2) is 0 Å². The van der Waals surface area contributed by atoms with Gasteiger partial charge in [-0.05, 0) is 172 Å². The van der Waals surface area contributed by atoms with Crippen LogP contribution in [0.15, 0.2) is 225 Å². The Bertz CT molecular complexity index is 4430. The molecule has 2 aromatic heterocycles. The molecule has 2 heterocycles. The van der Waals surface area contributed by atoms with E-state index in [9.17, 15) is 0 Å². The van der Waals surface area contributed by atoms with E-state index in [1.165, 1.54) is 128 Å². The van der Waals surface area contributed by atoms with Crippen molar-refractivity contribution < 1.29 is 4.57 Å². The molecule has 3 heteroatoms. The van der Waals surface area contributed by atoms with E-state index in [0.29, 0.717) is 0 Å². The first kappa shape index (κ1) is 52.4. The fourth-order valence-electron chi connectivity index (χ4n) is 15.1. The van der Waals surface area contributed by atoms with Gasteiger partial charge in [0.15, 0.2) is 5.54 Å². The number of imidazole rings is 1. The average Bonchev–Trinajstić information content (AvgIpc) is 1.65. The predicted octanol–water partition coefficient (Wildman–Crippen LogP) is 18.2. The van der Waals surface area contributed by atoms with Gasteiger partial charge in [0.05, 0.1) is 23.6 Å². The van der Waals surface area contributed by atoms with Gasteiger partial charge in [-0.3, -0.25) is 4.98 Å². The summed E-state index contributed by atoms with van der Waals surface area (Å²) < 4.78 is 4.40. The molecule has 0 saturated heterocycles. The van der Waals surface area contributed by atoms with E-state index in [2.05, 4.69) is 324 Å². The van der Waals surface area contributed by atoms with Crippen LogP contribution in [0.1, 0.15) is 151 Å². The summed E-state index contributed by atoms with van der Waals surface area (Å²) >= 11 is 0. The fourth-order valence-corrected chi connectivity index (χ4v) is 15.1. The normalized spacial score (nSPS) is 18.5. The molecule has 0 fully saturated rings. The van der Waals surface area contributed by atoms with Gasteiger partial charge in [-0.1, -0.05) is 250 Å². The highest BCUT2D eigenvalue weighted by molar-refractivity contribution is 5.90. The van der Waals surface area contributed by atoms with Gasteiger partial charge in [0.1, 0.15) is 0 Å². The highest BCUT2D eigenvalue weighted by atomic mass is 15.2. The Kier molecular flexibility index (Phi) is 11.6. The maximum absolute atomic E-state index is 5.57. The number of hydrogen-bond donors (Lipinski definition) is 0. The van der Waals surface area contributed by atoms with Crippen molar-refractivity contribution in [3.05, 3.63) is 320 Å². The van der Waals surface area contributed by atoms with Crippen molar-refractivity contribution in [1.82, 2.24) is 9.55 Å². The number of hydrogen-bond acceptors (Lipinski definition) is 1. The van der Waals surface area contributed by atoms with Crippen molar-refractivity contribution in [3.63, 3.8) is 0 Å². The summed E-state index contributed by atoms with van der Waals surface area (Å²) in [6.45, 7) is 25.4. The summed E-state index contributed by atoms with van der Waals surface area (Å²) in [6, 6.07) is 80.0. The molecule has 0 spiro atoms. The van der Waals surface area contributed by atoms with Crippen molar-refractivity contribution in [2.45, 2.75) is 109 Å². The first-order valence-electron chi connectivity index (χ1n) is 29.7. The van der Waals surface area contributed by atoms with Gasteiger partial charge in [-0.15, -0.1) is 0 Å². The molecule has 3 unspecified atom stereocenters. The third-order valence-corrected chi connectivity index (χ3v) is 19.1. The van der Waals surface area contributed by atoms with Gasteiger partial charge in [-0.2, -0.15) is 0 Å².